The molecule has 0 N–H and O–H groups in total. The molecule has 13 heavy (non-hydrogen) atoms. The Hall–Kier alpha value is -0.740. The first kappa shape index (κ1) is 12.3. The number of carbonyl (C=O) groups excluding carboxylic acids is 2. The monoisotopic (exact) mass is 188 g/mol. The number of methoxy groups -OCH3 is 2. The second-order valence-corrected chi connectivity index (χ2v) is 2.91. The molecule has 0 spiro atoms. The van der Waals surface area contributed by atoms with Crippen molar-refractivity contribution in [3.63, 3.8) is 0 Å². The van der Waals surface area contributed by atoms with Gasteiger partial charge in [0.2, 0.25) is 0 Å². The van der Waals surface area contributed by atoms with Crippen LogP contribution in [0.4, 0.5) is 0 Å². The Balaban J connectivity index is 4.24. The van der Waals surface area contributed by atoms with Gasteiger partial charge >= 0.3 is 0 Å². The van der Waals surface area contributed by atoms with Crippen LogP contribution in [0.25, 0.3) is 0 Å². The molecule has 0 heterocycles. The minimum Gasteiger partial charge on any atom is -0.356 e. The van der Waals surface area contributed by atoms with E-state index in [1.165, 1.54) is 28.1 Å². The van der Waals surface area contributed by atoms with Crippen LogP contribution in [0, 0.1) is 5.92 Å². The van der Waals surface area contributed by atoms with Crippen molar-refractivity contribution in [2.24, 2.45) is 5.92 Å². The minimum absolute atomic E-state index is 0.147. The van der Waals surface area contributed by atoms with E-state index in [1.54, 1.807) is 0 Å². The van der Waals surface area contributed by atoms with Crippen molar-refractivity contribution < 1.29 is 19.1 Å². The fourth-order valence-electron chi connectivity index (χ4n) is 1.10. The summed E-state index contributed by atoms with van der Waals surface area (Å²) in [6.45, 7) is 2.79. The first-order valence-electron chi connectivity index (χ1n) is 4.09. The van der Waals surface area contributed by atoms with Crippen molar-refractivity contribution in [1.82, 2.24) is 0 Å². The summed E-state index contributed by atoms with van der Waals surface area (Å²) in [6, 6.07) is 0. The molecular formula is C9H16O4. The molecule has 0 bridgehead atoms. The summed E-state index contributed by atoms with van der Waals surface area (Å²) < 4.78 is 9.81. The largest absolute Gasteiger partial charge is 0.356 e. The first-order chi connectivity index (χ1) is 6.02. The van der Waals surface area contributed by atoms with Gasteiger partial charge in [0.05, 0.1) is 5.92 Å². The molecule has 0 amide bonds. The van der Waals surface area contributed by atoms with E-state index >= 15 is 0 Å². The van der Waals surface area contributed by atoms with Crippen LogP contribution >= 0.6 is 0 Å². The van der Waals surface area contributed by atoms with Gasteiger partial charge in [-0.1, -0.05) is 0 Å². The van der Waals surface area contributed by atoms with E-state index < -0.39 is 12.2 Å². The van der Waals surface area contributed by atoms with Crippen LogP contribution in [-0.2, 0) is 19.1 Å². The number of ketones is 2. The van der Waals surface area contributed by atoms with Crippen LogP contribution < -0.4 is 0 Å². The molecule has 0 aliphatic rings. The van der Waals surface area contributed by atoms with Crippen molar-refractivity contribution in [1.29, 1.82) is 0 Å². The Bertz CT molecular complexity index is 170. The van der Waals surface area contributed by atoms with E-state index in [9.17, 15) is 9.59 Å². The van der Waals surface area contributed by atoms with Gasteiger partial charge < -0.3 is 9.47 Å². The second-order valence-electron chi connectivity index (χ2n) is 2.91. The summed E-state index contributed by atoms with van der Waals surface area (Å²) in [4.78, 5) is 22.0. The molecular weight excluding hydrogens is 172 g/mol. The quantitative estimate of drug-likeness (QED) is 0.457. The fourth-order valence-corrected chi connectivity index (χ4v) is 1.10. The molecule has 0 aliphatic heterocycles. The number of hydrogen-bond acceptors (Lipinski definition) is 4. The van der Waals surface area contributed by atoms with Gasteiger partial charge in [0.25, 0.3) is 0 Å². The topological polar surface area (TPSA) is 52.6 Å². The molecule has 0 rings (SSSR count). The molecule has 0 aromatic carbocycles. The highest BCUT2D eigenvalue weighted by Gasteiger charge is 2.23. The van der Waals surface area contributed by atoms with E-state index in [2.05, 4.69) is 0 Å². The first-order valence-corrected chi connectivity index (χ1v) is 4.09. The standard InChI is InChI=1S/C9H16O4/c1-6(10)8(7(2)11)5-9(12-3)13-4/h8-9H,5H2,1-4H3. The lowest BCUT2D eigenvalue weighted by molar-refractivity contribution is -0.142. The third-order valence-electron chi connectivity index (χ3n) is 1.94. The van der Waals surface area contributed by atoms with Crippen LogP contribution in [0.5, 0.6) is 0 Å². The summed E-state index contributed by atoms with van der Waals surface area (Å²) in [6.07, 6.45) is -0.199. The van der Waals surface area contributed by atoms with Crippen molar-refractivity contribution in [2.75, 3.05) is 14.2 Å². The Morgan fingerprint density at radius 3 is 1.69 bits per heavy atom. The Labute approximate surface area is 78.2 Å². The van der Waals surface area contributed by atoms with Gasteiger partial charge in [-0.3, -0.25) is 9.59 Å². The molecule has 0 aliphatic carbocycles. The van der Waals surface area contributed by atoms with Gasteiger partial charge in [0.15, 0.2) is 6.29 Å². The highest BCUT2D eigenvalue weighted by Crippen LogP contribution is 2.12. The maximum Gasteiger partial charge on any atom is 0.157 e. The molecule has 0 saturated heterocycles. The Kier molecular flexibility index (Phi) is 5.50. The van der Waals surface area contributed by atoms with Gasteiger partial charge in [-0.2, -0.15) is 0 Å². The number of rotatable bonds is 6. The molecule has 0 aromatic rings. The lowest BCUT2D eigenvalue weighted by atomic mass is 9.97. The van der Waals surface area contributed by atoms with Gasteiger partial charge in [-0.05, 0) is 13.8 Å². The summed E-state index contributed by atoms with van der Waals surface area (Å²) in [5.41, 5.74) is 0. The predicted molar refractivity (Wildman–Crippen MR) is 47.3 cm³/mol. The van der Waals surface area contributed by atoms with E-state index in [0.29, 0.717) is 0 Å². The van der Waals surface area contributed by atoms with E-state index in [4.69, 9.17) is 9.47 Å². The molecule has 0 unspecified atom stereocenters. The van der Waals surface area contributed by atoms with Crippen molar-refractivity contribution in [3.05, 3.63) is 0 Å². The van der Waals surface area contributed by atoms with Gasteiger partial charge in [0, 0.05) is 20.6 Å². The SMILES string of the molecule is COC(CC(C(C)=O)C(C)=O)OC. The molecule has 4 nitrogen and oxygen atoms in total. The Morgan fingerprint density at radius 2 is 1.46 bits per heavy atom. The summed E-state index contributed by atoms with van der Waals surface area (Å²) in [5, 5.41) is 0. The average Bonchev–Trinajstić information content (AvgIpc) is 2.05. The zero-order valence-electron chi connectivity index (χ0n) is 8.49. The molecule has 0 aromatic heterocycles. The molecule has 0 radical (unpaired) electrons. The normalized spacial score (nSPS) is 10.9. The van der Waals surface area contributed by atoms with Crippen molar-refractivity contribution in [2.45, 2.75) is 26.6 Å². The van der Waals surface area contributed by atoms with Crippen molar-refractivity contribution in [3.8, 4) is 0 Å². The van der Waals surface area contributed by atoms with Crippen LogP contribution in [0.2, 0.25) is 0 Å². The number of ether oxygens (including phenoxy) is 2. The van der Waals surface area contributed by atoms with Crippen LogP contribution in [-0.4, -0.2) is 32.1 Å². The van der Waals surface area contributed by atoms with Gasteiger partial charge in [-0.15, -0.1) is 0 Å². The van der Waals surface area contributed by atoms with Crippen molar-refractivity contribution >= 4 is 11.6 Å². The third kappa shape index (κ3) is 4.15. The lowest BCUT2D eigenvalue weighted by Crippen LogP contribution is -2.27. The fraction of sp³-hybridized carbons (Fsp3) is 0.778. The molecule has 0 atom stereocenters. The molecule has 0 saturated carbocycles. The molecule has 76 valence electrons. The highest BCUT2D eigenvalue weighted by molar-refractivity contribution is 6.00. The minimum atomic E-state index is -0.607. The smallest absolute Gasteiger partial charge is 0.157 e. The van der Waals surface area contributed by atoms with Crippen LogP contribution in [0.15, 0.2) is 0 Å². The molecule has 0 fully saturated rings. The molecule has 4 heteroatoms. The van der Waals surface area contributed by atoms with Crippen LogP contribution in [0.3, 0.4) is 0 Å². The lowest BCUT2D eigenvalue weighted by Gasteiger charge is -2.17. The summed E-state index contributed by atoms with van der Waals surface area (Å²) >= 11 is 0. The summed E-state index contributed by atoms with van der Waals surface area (Å²) in [7, 11) is 2.96. The Morgan fingerprint density at radius 1 is 1.08 bits per heavy atom. The maximum absolute atomic E-state index is 11.0. The second kappa shape index (κ2) is 5.83. The zero-order valence-corrected chi connectivity index (χ0v) is 8.49. The number of carbonyl (C=O) groups is 2. The third-order valence-corrected chi connectivity index (χ3v) is 1.94. The highest BCUT2D eigenvalue weighted by atomic mass is 16.7. The van der Waals surface area contributed by atoms with Gasteiger partial charge in [-0.25, -0.2) is 0 Å². The predicted octanol–water partition coefficient (Wildman–Crippen LogP) is 0.790. The van der Waals surface area contributed by atoms with E-state index in [0.717, 1.165) is 0 Å². The maximum atomic E-state index is 11.0. The van der Waals surface area contributed by atoms with E-state index in [-0.39, 0.29) is 18.0 Å². The van der Waals surface area contributed by atoms with E-state index in [1.807, 2.05) is 0 Å². The number of Topliss-reactive ketones (excluding diaryl/α,β-unsaturated/α-hetero) is 2. The van der Waals surface area contributed by atoms with Gasteiger partial charge in [0.1, 0.15) is 11.6 Å². The number of hydrogen-bond donors (Lipinski definition) is 0. The average molecular weight is 188 g/mol. The van der Waals surface area contributed by atoms with Crippen LogP contribution in [0.1, 0.15) is 20.3 Å². The zero-order chi connectivity index (χ0) is 10.4. The summed E-state index contributed by atoms with van der Waals surface area (Å²) in [5.74, 6) is -0.900.